The van der Waals surface area contributed by atoms with Gasteiger partial charge in [-0.05, 0) is 43.4 Å². The van der Waals surface area contributed by atoms with Crippen molar-refractivity contribution in [1.29, 1.82) is 0 Å². The van der Waals surface area contributed by atoms with Crippen molar-refractivity contribution in [3.8, 4) is 11.5 Å². The highest BCUT2D eigenvalue weighted by Crippen LogP contribution is 2.35. The van der Waals surface area contributed by atoms with Gasteiger partial charge in [-0.25, -0.2) is 0 Å². The maximum atomic E-state index is 12.9. The van der Waals surface area contributed by atoms with Crippen LogP contribution in [-0.4, -0.2) is 43.2 Å². The first-order valence-corrected chi connectivity index (χ1v) is 10.5. The maximum absolute atomic E-state index is 12.9. The van der Waals surface area contributed by atoms with Gasteiger partial charge in [-0.2, -0.15) is 0 Å². The average Bonchev–Trinajstić information content (AvgIpc) is 2.74. The third-order valence-corrected chi connectivity index (χ3v) is 6.32. The summed E-state index contributed by atoms with van der Waals surface area (Å²) in [5, 5.41) is 3.27. The lowest BCUT2D eigenvalue weighted by Crippen LogP contribution is -2.56. The lowest BCUT2D eigenvalue weighted by atomic mass is 9.81. The number of amides is 1. The van der Waals surface area contributed by atoms with Crippen LogP contribution in [0.4, 0.5) is 0 Å². The molecule has 2 saturated heterocycles. The van der Waals surface area contributed by atoms with Crippen LogP contribution in [0.2, 0.25) is 0 Å². The van der Waals surface area contributed by atoms with Crippen LogP contribution < -0.4 is 14.8 Å². The summed E-state index contributed by atoms with van der Waals surface area (Å²) >= 11 is 0. The number of carbonyl (C=O) groups excluding carboxylic acids is 1. The van der Waals surface area contributed by atoms with Crippen molar-refractivity contribution in [2.75, 3.05) is 14.2 Å². The Morgan fingerprint density at radius 1 is 1.03 bits per heavy atom. The monoisotopic (exact) mass is 394 g/mol. The number of methoxy groups -OCH3 is 2. The Morgan fingerprint density at radius 3 is 2.41 bits per heavy atom. The van der Waals surface area contributed by atoms with Gasteiger partial charge < -0.3 is 14.8 Å². The minimum absolute atomic E-state index is 0.0657. The molecule has 0 aliphatic carbocycles. The van der Waals surface area contributed by atoms with Gasteiger partial charge in [0.15, 0.2) is 0 Å². The second kappa shape index (κ2) is 8.87. The van der Waals surface area contributed by atoms with Gasteiger partial charge in [0, 0.05) is 30.7 Å². The standard InChI is InChI=1S/C24H30N2O3/c1-28-21-11-12-22(23(15-21)29-2)24(27)25-18-13-19-9-6-10-20(14-18)26(19)16-17-7-4-3-5-8-17/h3-5,7-8,11-12,15,18-20H,6,9-10,13-14,16H2,1-2H3,(H,25,27)/t19-,20-/m0/s1. The number of hydrogen-bond donors (Lipinski definition) is 1. The van der Waals surface area contributed by atoms with E-state index in [1.165, 1.54) is 24.8 Å². The Hall–Kier alpha value is -2.53. The molecule has 0 aromatic heterocycles. The molecule has 0 saturated carbocycles. The molecule has 29 heavy (non-hydrogen) atoms. The van der Waals surface area contributed by atoms with Gasteiger partial charge in [0.1, 0.15) is 11.5 Å². The predicted molar refractivity (Wildman–Crippen MR) is 113 cm³/mol. The van der Waals surface area contributed by atoms with E-state index >= 15 is 0 Å². The molecule has 4 rings (SSSR count). The Morgan fingerprint density at radius 2 is 1.76 bits per heavy atom. The Labute approximate surface area is 173 Å². The number of piperidine rings is 2. The smallest absolute Gasteiger partial charge is 0.255 e. The molecule has 5 nitrogen and oxygen atoms in total. The second-order valence-electron chi connectivity index (χ2n) is 8.10. The molecule has 5 heteroatoms. The van der Waals surface area contributed by atoms with Crippen LogP contribution in [0.5, 0.6) is 11.5 Å². The lowest BCUT2D eigenvalue weighted by Gasteiger charge is -2.49. The molecule has 2 bridgehead atoms. The minimum atomic E-state index is -0.0657. The Balaban J connectivity index is 1.43. The normalized spacial score (nSPS) is 24.0. The summed E-state index contributed by atoms with van der Waals surface area (Å²) in [5.74, 6) is 1.16. The number of hydrogen-bond acceptors (Lipinski definition) is 4. The zero-order valence-electron chi connectivity index (χ0n) is 17.3. The van der Waals surface area contributed by atoms with Crippen LogP contribution >= 0.6 is 0 Å². The van der Waals surface area contributed by atoms with Crippen molar-refractivity contribution in [3.05, 3.63) is 59.7 Å². The van der Waals surface area contributed by atoms with E-state index in [-0.39, 0.29) is 11.9 Å². The molecule has 1 N–H and O–H groups in total. The third kappa shape index (κ3) is 4.40. The van der Waals surface area contributed by atoms with Gasteiger partial charge in [0.05, 0.1) is 19.8 Å². The van der Waals surface area contributed by atoms with E-state index in [9.17, 15) is 4.79 Å². The van der Waals surface area contributed by atoms with Crippen LogP contribution in [0.1, 0.15) is 48.0 Å². The highest BCUT2D eigenvalue weighted by Gasteiger charge is 2.38. The van der Waals surface area contributed by atoms with E-state index in [0.29, 0.717) is 29.1 Å². The number of nitrogens with one attached hydrogen (secondary N) is 1. The SMILES string of the molecule is COc1ccc(C(=O)NC2C[C@@H]3CCC[C@@H](C2)N3Cc2ccccc2)c(OC)c1. The van der Waals surface area contributed by atoms with Crippen LogP contribution in [-0.2, 0) is 6.54 Å². The van der Waals surface area contributed by atoms with Gasteiger partial charge in [-0.15, -0.1) is 0 Å². The number of carbonyl (C=O) groups is 1. The van der Waals surface area contributed by atoms with Crippen molar-refractivity contribution in [3.63, 3.8) is 0 Å². The van der Waals surface area contributed by atoms with Crippen molar-refractivity contribution < 1.29 is 14.3 Å². The zero-order valence-corrected chi connectivity index (χ0v) is 17.3. The average molecular weight is 395 g/mol. The largest absolute Gasteiger partial charge is 0.497 e. The molecule has 0 spiro atoms. The van der Waals surface area contributed by atoms with E-state index < -0.39 is 0 Å². The molecule has 0 unspecified atom stereocenters. The van der Waals surface area contributed by atoms with Crippen LogP contribution in [0, 0.1) is 0 Å². The second-order valence-corrected chi connectivity index (χ2v) is 8.10. The van der Waals surface area contributed by atoms with E-state index in [4.69, 9.17) is 9.47 Å². The van der Waals surface area contributed by atoms with Crippen molar-refractivity contribution in [2.24, 2.45) is 0 Å². The third-order valence-electron chi connectivity index (χ3n) is 6.32. The highest BCUT2D eigenvalue weighted by molar-refractivity contribution is 5.97. The van der Waals surface area contributed by atoms with Gasteiger partial charge >= 0.3 is 0 Å². The number of benzene rings is 2. The zero-order chi connectivity index (χ0) is 20.2. The van der Waals surface area contributed by atoms with Crippen LogP contribution in [0.25, 0.3) is 0 Å². The summed E-state index contributed by atoms with van der Waals surface area (Å²) in [5.41, 5.74) is 1.93. The fourth-order valence-corrected chi connectivity index (χ4v) is 4.90. The number of fused-ring (bicyclic) bond motifs is 2. The van der Waals surface area contributed by atoms with Gasteiger partial charge in [-0.1, -0.05) is 36.8 Å². The summed E-state index contributed by atoms with van der Waals surface area (Å²) in [6.45, 7) is 1.00. The number of nitrogens with zero attached hydrogens (tertiary/aromatic N) is 1. The fraction of sp³-hybridized carbons (Fsp3) is 0.458. The molecule has 2 aromatic rings. The maximum Gasteiger partial charge on any atom is 0.255 e. The first kappa shape index (κ1) is 19.8. The van der Waals surface area contributed by atoms with Crippen molar-refractivity contribution >= 4 is 5.91 Å². The topological polar surface area (TPSA) is 50.8 Å². The first-order chi connectivity index (χ1) is 14.2. The highest BCUT2D eigenvalue weighted by atomic mass is 16.5. The summed E-state index contributed by atoms with van der Waals surface area (Å²) in [7, 11) is 3.19. The Kier molecular flexibility index (Phi) is 6.05. The molecule has 2 atom stereocenters. The molecule has 1 amide bonds. The minimum Gasteiger partial charge on any atom is -0.497 e. The molecule has 0 radical (unpaired) electrons. The van der Waals surface area contributed by atoms with E-state index in [2.05, 4.69) is 40.5 Å². The summed E-state index contributed by atoms with van der Waals surface area (Å²) in [4.78, 5) is 15.6. The van der Waals surface area contributed by atoms with Gasteiger partial charge in [-0.3, -0.25) is 9.69 Å². The number of ether oxygens (including phenoxy) is 2. The van der Waals surface area contributed by atoms with Crippen LogP contribution in [0.15, 0.2) is 48.5 Å². The molecule has 2 heterocycles. The fourth-order valence-electron chi connectivity index (χ4n) is 4.90. The predicted octanol–water partition coefficient (Wildman–Crippen LogP) is 4.02. The molecule has 154 valence electrons. The molecule has 2 aromatic carbocycles. The number of rotatable bonds is 6. The molecular weight excluding hydrogens is 364 g/mol. The van der Waals surface area contributed by atoms with Gasteiger partial charge in [0.25, 0.3) is 5.91 Å². The lowest BCUT2D eigenvalue weighted by molar-refractivity contribution is 0.0177. The molecule has 2 fully saturated rings. The van der Waals surface area contributed by atoms with E-state index in [1.54, 1.807) is 32.4 Å². The van der Waals surface area contributed by atoms with E-state index in [0.717, 1.165) is 19.4 Å². The summed E-state index contributed by atoms with van der Waals surface area (Å²) in [6.07, 6.45) is 5.72. The first-order valence-electron chi connectivity index (χ1n) is 10.5. The Bertz CT molecular complexity index is 825. The van der Waals surface area contributed by atoms with Gasteiger partial charge in [0.2, 0.25) is 0 Å². The van der Waals surface area contributed by atoms with Crippen molar-refractivity contribution in [1.82, 2.24) is 10.2 Å². The quantitative estimate of drug-likeness (QED) is 0.804. The molecule has 2 aliphatic rings. The molecular formula is C24H30N2O3. The van der Waals surface area contributed by atoms with Crippen molar-refractivity contribution in [2.45, 2.75) is 56.8 Å². The van der Waals surface area contributed by atoms with E-state index in [1.807, 2.05) is 0 Å². The summed E-state index contributed by atoms with van der Waals surface area (Å²) < 4.78 is 10.6. The molecule has 2 aliphatic heterocycles. The summed E-state index contributed by atoms with van der Waals surface area (Å²) in [6, 6.07) is 17.3. The van der Waals surface area contributed by atoms with Crippen LogP contribution in [0.3, 0.4) is 0 Å².